The van der Waals surface area contributed by atoms with E-state index in [9.17, 15) is 14.7 Å². The lowest BCUT2D eigenvalue weighted by molar-refractivity contribution is -0.147. The summed E-state index contributed by atoms with van der Waals surface area (Å²) in [6.45, 7) is 2.62. The number of benzene rings is 1. The number of carboxylic acid groups (broad SMARTS) is 1. The van der Waals surface area contributed by atoms with Crippen LogP contribution in [0.1, 0.15) is 29.4 Å². The molecule has 28 heavy (non-hydrogen) atoms. The number of rotatable bonds is 5. The topological polar surface area (TPSA) is 84.1 Å². The minimum Gasteiger partial charge on any atom is -0.487 e. The summed E-state index contributed by atoms with van der Waals surface area (Å²) < 4.78 is 7.74. The van der Waals surface area contributed by atoms with Crippen LogP contribution in [0.25, 0.3) is 5.65 Å². The van der Waals surface area contributed by atoms with Crippen molar-refractivity contribution in [1.29, 1.82) is 0 Å². The van der Waals surface area contributed by atoms with E-state index in [0.717, 1.165) is 11.3 Å². The van der Waals surface area contributed by atoms with Crippen molar-refractivity contribution in [2.75, 3.05) is 13.1 Å². The third-order valence-electron chi connectivity index (χ3n) is 5.16. The standard InChI is InChI=1S/C21H21N3O4/c1-21(20(26)27)8-10-24(14-21)19(25)15-5-4-6-17(11-15)28-13-16-12-23-9-3-2-7-18(23)22-16/h2-7,9,11-12H,8,10,13-14H2,1H3,(H,26,27). The van der Waals surface area contributed by atoms with E-state index in [-0.39, 0.29) is 12.5 Å². The highest BCUT2D eigenvalue weighted by molar-refractivity contribution is 5.95. The summed E-state index contributed by atoms with van der Waals surface area (Å²) in [6.07, 6.45) is 4.28. The number of likely N-dealkylation sites (tertiary alicyclic amines) is 1. The van der Waals surface area contributed by atoms with Gasteiger partial charge in [-0.15, -0.1) is 0 Å². The van der Waals surface area contributed by atoms with Crippen molar-refractivity contribution in [2.45, 2.75) is 20.0 Å². The predicted molar refractivity (Wildman–Crippen MR) is 102 cm³/mol. The van der Waals surface area contributed by atoms with Crippen molar-refractivity contribution < 1.29 is 19.4 Å². The molecule has 0 bridgehead atoms. The van der Waals surface area contributed by atoms with Crippen LogP contribution < -0.4 is 4.74 Å². The van der Waals surface area contributed by atoms with Crippen molar-refractivity contribution in [1.82, 2.24) is 14.3 Å². The summed E-state index contributed by atoms with van der Waals surface area (Å²) >= 11 is 0. The van der Waals surface area contributed by atoms with Crippen LogP contribution in [-0.2, 0) is 11.4 Å². The number of aliphatic carboxylic acids is 1. The Kier molecular flexibility index (Phi) is 4.50. The number of carbonyl (C=O) groups excluding carboxylic acids is 1. The zero-order chi connectivity index (χ0) is 19.7. The van der Waals surface area contributed by atoms with Crippen LogP contribution >= 0.6 is 0 Å². The number of nitrogens with zero attached hydrogens (tertiary/aromatic N) is 3. The summed E-state index contributed by atoms with van der Waals surface area (Å²) in [5, 5.41) is 9.35. The smallest absolute Gasteiger partial charge is 0.311 e. The minimum absolute atomic E-state index is 0.178. The van der Waals surface area contributed by atoms with Gasteiger partial charge in [0.1, 0.15) is 18.0 Å². The van der Waals surface area contributed by atoms with Crippen molar-refractivity contribution in [2.24, 2.45) is 5.41 Å². The molecule has 3 aromatic rings. The quantitative estimate of drug-likeness (QED) is 0.737. The number of carboxylic acids is 1. The molecule has 7 nitrogen and oxygen atoms in total. The molecule has 1 atom stereocenters. The molecule has 1 fully saturated rings. The molecule has 1 aromatic carbocycles. The zero-order valence-corrected chi connectivity index (χ0v) is 15.5. The van der Waals surface area contributed by atoms with Gasteiger partial charge < -0.3 is 19.1 Å². The van der Waals surface area contributed by atoms with Gasteiger partial charge in [-0.2, -0.15) is 0 Å². The van der Waals surface area contributed by atoms with E-state index in [1.165, 1.54) is 0 Å². The molecule has 1 saturated heterocycles. The Morgan fingerprint density at radius 3 is 2.86 bits per heavy atom. The summed E-state index contributed by atoms with van der Waals surface area (Å²) in [5.41, 5.74) is 1.25. The van der Waals surface area contributed by atoms with Crippen molar-refractivity contribution in [3.63, 3.8) is 0 Å². The van der Waals surface area contributed by atoms with Crippen LogP contribution in [0, 0.1) is 5.41 Å². The molecule has 1 aliphatic heterocycles. The van der Waals surface area contributed by atoms with E-state index >= 15 is 0 Å². The van der Waals surface area contributed by atoms with Crippen LogP contribution in [0.15, 0.2) is 54.9 Å². The highest BCUT2D eigenvalue weighted by Gasteiger charge is 2.42. The lowest BCUT2D eigenvalue weighted by Gasteiger charge is -2.20. The molecule has 0 saturated carbocycles. The van der Waals surface area contributed by atoms with Crippen molar-refractivity contribution >= 4 is 17.5 Å². The molecular formula is C21H21N3O4. The largest absolute Gasteiger partial charge is 0.487 e. The van der Waals surface area contributed by atoms with Gasteiger partial charge in [-0.25, -0.2) is 4.98 Å². The lowest BCUT2D eigenvalue weighted by atomic mass is 9.90. The number of aromatic nitrogens is 2. The summed E-state index contributed by atoms with van der Waals surface area (Å²) in [5.74, 6) is -0.474. The first kappa shape index (κ1) is 18.0. The second kappa shape index (κ2) is 6.99. The molecule has 1 N–H and O–H groups in total. The van der Waals surface area contributed by atoms with Gasteiger partial charge in [0, 0.05) is 31.0 Å². The second-order valence-corrected chi connectivity index (χ2v) is 7.36. The maximum absolute atomic E-state index is 12.8. The van der Waals surface area contributed by atoms with E-state index < -0.39 is 11.4 Å². The van der Waals surface area contributed by atoms with Crippen LogP contribution in [0.2, 0.25) is 0 Å². The van der Waals surface area contributed by atoms with E-state index in [2.05, 4.69) is 4.98 Å². The van der Waals surface area contributed by atoms with Crippen molar-refractivity contribution in [3.8, 4) is 5.75 Å². The first-order valence-corrected chi connectivity index (χ1v) is 9.13. The molecule has 1 amide bonds. The fraction of sp³-hybridized carbons (Fsp3) is 0.286. The van der Waals surface area contributed by atoms with Crippen LogP contribution in [0.5, 0.6) is 5.75 Å². The van der Waals surface area contributed by atoms with Gasteiger partial charge in [-0.05, 0) is 43.7 Å². The minimum atomic E-state index is -0.882. The fourth-order valence-electron chi connectivity index (χ4n) is 3.42. The average molecular weight is 379 g/mol. The molecule has 1 unspecified atom stereocenters. The van der Waals surface area contributed by atoms with Gasteiger partial charge >= 0.3 is 5.97 Å². The Hall–Kier alpha value is -3.35. The SMILES string of the molecule is CC1(C(=O)O)CCN(C(=O)c2cccc(OCc3cn4ccccc4n3)c2)C1. The average Bonchev–Trinajstić information content (AvgIpc) is 3.30. The van der Waals surface area contributed by atoms with Crippen LogP contribution in [0.3, 0.4) is 0 Å². The molecule has 4 rings (SSSR count). The molecule has 0 aliphatic carbocycles. The number of imidazole rings is 1. The van der Waals surface area contributed by atoms with Crippen LogP contribution in [0.4, 0.5) is 0 Å². The molecule has 144 valence electrons. The van der Waals surface area contributed by atoms with Gasteiger partial charge in [0.05, 0.1) is 11.1 Å². The maximum atomic E-state index is 12.8. The predicted octanol–water partition coefficient (Wildman–Crippen LogP) is 2.85. The van der Waals surface area contributed by atoms with Gasteiger partial charge in [0.15, 0.2) is 0 Å². The van der Waals surface area contributed by atoms with Crippen LogP contribution in [-0.4, -0.2) is 44.4 Å². The molecule has 2 aromatic heterocycles. The normalized spacial score (nSPS) is 19.1. The molecule has 0 radical (unpaired) electrons. The Labute approximate surface area is 162 Å². The van der Waals surface area contributed by atoms with Gasteiger partial charge in [0.25, 0.3) is 5.91 Å². The zero-order valence-electron chi connectivity index (χ0n) is 15.5. The van der Waals surface area contributed by atoms with Crippen molar-refractivity contribution in [3.05, 3.63) is 66.1 Å². The molecule has 0 spiro atoms. The number of carbonyl (C=O) groups is 2. The highest BCUT2D eigenvalue weighted by atomic mass is 16.5. The third kappa shape index (κ3) is 3.43. The first-order chi connectivity index (χ1) is 13.4. The Morgan fingerprint density at radius 1 is 1.25 bits per heavy atom. The van der Waals surface area contributed by atoms with E-state index in [1.807, 2.05) is 35.0 Å². The van der Waals surface area contributed by atoms with E-state index in [0.29, 0.717) is 30.9 Å². The third-order valence-corrected chi connectivity index (χ3v) is 5.16. The highest BCUT2D eigenvalue weighted by Crippen LogP contribution is 2.31. The molecular weight excluding hydrogens is 358 g/mol. The number of hydrogen-bond donors (Lipinski definition) is 1. The van der Waals surface area contributed by atoms with Gasteiger partial charge in [0.2, 0.25) is 0 Å². The summed E-state index contributed by atoms with van der Waals surface area (Å²) in [4.78, 5) is 30.2. The fourth-order valence-corrected chi connectivity index (χ4v) is 3.42. The first-order valence-electron chi connectivity index (χ1n) is 9.13. The lowest BCUT2D eigenvalue weighted by Crippen LogP contribution is -2.34. The Bertz CT molecular complexity index is 1010. The van der Waals surface area contributed by atoms with Gasteiger partial charge in [-0.3, -0.25) is 9.59 Å². The Balaban J connectivity index is 1.44. The van der Waals surface area contributed by atoms with Gasteiger partial charge in [-0.1, -0.05) is 12.1 Å². The Morgan fingerprint density at radius 2 is 2.11 bits per heavy atom. The second-order valence-electron chi connectivity index (χ2n) is 7.36. The number of pyridine rings is 1. The number of amides is 1. The molecule has 1 aliphatic rings. The summed E-state index contributed by atoms with van der Waals surface area (Å²) in [6, 6.07) is 12.7. The number of fused-ring (bicyclic) bond motifs is 1. The van der Waals surface area contributed by atoms with E-state index in [1.54, 1.807) is 36.1 Å². The maximum Gasteiger partial charge on any atom is 0.311 e. The number of hydrogen-bond acceptors (Lipinski definition) is 4. The monoisotopic (exact) mass is 379 g/mol. The summed E-state index contributed by atoms with van der Waals surface area (Å²) in [7, 11) is 0. The molecule has 7 heteroatoms. The number of ether oxygens (including phenoxy) is 1. The van der Waals surface area contributed by atoms with E-state index in [4.69, 9.17) is 4.74 Å². The molecule has 3 heterocycles.